The first-order chi connectivity index (χ1) is 8.45. The molecule has 1 saturated carbocycles. The van der Waals surface area contributed by atoms with Crippen LogP contribution in [0.25, 0.3) is 5.52 Å². The Morgan fingerprint density at radius 2 is 2.17 bits per heavy atom. The summed E-state index contributed by atoms with van der Waals surface area (Å²) < 4.78 is 38.9. The van der Waals surface area contributed by atoms with Gasteiger partial charge in [0.1, 0.15) is 5.52 Å². The lowest BCUT2D eigenvalue weighted by molar-refractivity contribution is -0.141. The van der Waals surface area contributed by atoms with Crippen LogP contribution in [0.2, 0.25) is 0 Å². The van der Waals surface area contributed by atoms with Gasteiger partial charge in [0.2, 0.25) is 0 Å². The molecule has 96 valence electrons. The summed E-state index contributed by atoms with van der Waals surface area (Å²) in [6.45, 7) is 2.08. The minimum absolute atomic E-state index is 0.299. The Labute approximate surface area is 101 Å². The van der Waals surface area contributed by atoms with Gasteiger partial charge in [-0.15, -0.1) is 0 Å². The fourth-order valence-corrected chi connectivity index (χ4v) is 1.87. The molecule has 0 bridgehead atoms. The highest BCUT2D eigenvalue weighted by Gasteiger charge is 2.36. The number of halogens is 3. The Kier molecular flexibility index (Phi) is 2.26. The molecule has 0 spiro atoms. The molecule has 1 aliphatic rings. The first-order valence-corrected chi connectivity index (χ1v) is 5.63. The Hall–Kier alpha value is -1.79. The maximum absolute atomic E-state index is 12.6. The van der Waals surface area contributed by atoms with E-state index < -0.39 is 11.9 Å². The molecule has 4 nitrogen and oxygen atoms in total. The molecule has 3 rings (SSSR count). The monoisotopic (exact) mass is 256 g/mol. The number of nitrogens with one attached hydrogen (secondary N) is 1. The van der Waals surface area contributed by atoms with Crippen molar-refractivity contribution in [3.05, 3.63) is 24.2 Å². The molecule has 0 radical (unpaired) electrons. The number of rotatable bonds is 2. The molecule has 0 amide bonds. The van der Waals surface area contributed by atoms with Crippen LogP contribution in [0, 0.1) is 5.92 Å². The van der Waals surface area contributed by atoms with Gasteiger partial charge in [0.15, 0.2) is 11.5 Å². The van der Waals surface area contributed by atoms with Crippen LogP contribution in [0.5, 0.6) is 0 Å². The summed E-state index contributed by atoms with van der Waals surface area (Å²) >= 11 is 0. The average Bonchev–Trinajstić information content (AvgIpc) is 2.78. The van der Waals surface area contributed by atoms with Crippen molar-refractivity contribution in [3.63, 3.8) is 0 Å². The predicted octanol–water partition coefficient (Wildman–Crippen LogP) is 2.57. The largest absolute Gasteiger partial charge is 0.435 e. The third-order valence-corrected chi connectivity index (χ3v) is 3.11. The SMILES string of the molecule is CC1CC1Nc1nccn2nc(C(F)(F)F)cc12. The van der Waals surface area contributed by atoms with Crippen molar-refractivity contribution >= 4 is 11.3 Å². The average molecular weight is 256 g/mol. The maximum Gasteiger partial charge on any atom is 0.435 e. The van der Waals surface area contributed by atoms with Gasteiger partial charge in [0, 0.05) is 24.5 Å². The van der Waals surface area contributed by atoms with Gasteiger partial charge in [0.25, 0.3) is 0 Å². The lowest BCUT2D eigenvalue weighted by Gasteiger charge is -2.04. The molecular weight excluding hydrogens is 245 g/mol. The smallest absolute Gasteiger partial charge is 0.365 e. The number of hydrogen-bond donors (Lipinski definition) is 1. The number of nitrogens with zero attached hydrogens (tertiary/aromatic N) is 3. The zero-order chi connectivity index (χ0) is 12.9. The van der Waals surface area contributed by atoms with Crippen LogP contribution in [-0.2, 0) is 6.18 Å². The van der Waals surface area contributed by atoms with Crippen molar-refractivity contribution in [1.82, 2.24) is 14.6 Å². The number of anilines is 1. The molecule has 0 aliphatic heterocycles. The van der Waals surface area contributed by atoms with Crippen molar-refractivity contribution in [2.75, 3.05) is 5.32 Å². The van der Waals surface area contributed by atoms with E-state index >= 15 is 0 Å². The summed E-state index contributed by atoms with van der Waals surface area (Å²) in [5.74, 6) is 0.993. The Bertz CT molecular complexity index is 589. The maximum atomic E-state index is 12.6. The molecule has 1 aliphatic carbocycles. The fraction of sp³-hybridized carbons (Fsp3) is 0.455. The van der Waals surface area contributed by atoms with Gasteiger partial charge in [0.05, 0.1) is 0 Å². The highest BCUT2D eigenvalue weighted by atomic mass is 19.4. The van der Waals surface area contributed by atoms with E-state index in [4.69, 9.17) is 0 Å². The summed E-state index contributed by atoms with van der Waals surface area (Å²) in [4.78, 5) is 4.08. The van der Waals surface area contributed by atoms with Gasteiger partial charge in [-0.1, -0.05) is 6.92 Å². The predicted molar refractivity (Wildman–Crippen MR) is 59.2 cm³/mol. The first kappa shape index (κ1) is 11.3. The van der Waals surface area contributed by atoms with E-state index in [1.165, 1.54) is 16.9 Å². The van der Waals surface area contributed by atoms with Crippen LogP contribution in [0.3, 0.4) is 0 Å². The van der Waals surface area contributed by atoms with Crippen molar-refractivity contribution in [3.8, 4) is 0 Å². The van der Waals surface area contributed by atoms with Gasteiger partial charge in [-0.3, -0.25) is 0 Å². The topological polar surface area (TPSA) is 42.2 Å². The van der Waals surface area contributed by atoms with E-state index in [2.05, 4.69) is 22.3 Å². The third kappa shape index (κ3) is 1.89. The van der Waals surface area contributed by atoms with E-state index in [-0.39, 0.29) is 0 Å². The Morgan fingerprint density at radius 1 is 1.44 bits per heavy atom. The number of alkyl halides is 3. The number of aromatic nitrogens is 3. The molecule has 0 aromatic carbocycles. The van der Waals surface area contributed by atoms with Crippen molar-refractivity contribution in [2.45, 2.75) is 25.6 Å². The van der Waals surface area contributed by atoms with Crippen molar-refractivity contribution in [1.29, 1.82) is 0 Å². The lowest BCUT2D eigenvalue weighted by atomic mass is 10.3. The van der Waals surface area contributed by atoms with Crippen LogP contribution in [-0.4, -0.2) is 20.6 Å². The van der Waals surface area contributed by atoms with E-state index in [0.717, 1.165) is 12.5 Å². The van der Waals surface area contributed by atoms with E-state index in [0.29, 0.717) is 23.3 Å². The second-order valence-electron chi connectivity index (χ2n) is 4.60. The Balaban J connectivity index is 2.01. The van der Waals surface area contributed by atoms with Crippen LogP contribution in [0.15, 0.2) is 18.5 Å². The van der Waals surface area contributed by atoms with Crippen LogP contribution < -0.4 is 5.32 Å². The molecule has 1 fully saturated rings. The normalized spacial score (nSPS) is 23.3. The standard InChI is InChI=1S/C11H11F3N4/c1-6-4-7(6)16-10-8-5-9(11(12,13)14)17-18(8)3-2-15-10/h2-3,5-7H,4H2,1H3,(H,15,16). The zero-order valence-corrected chi connectivity index (χ0v) is 9.57. The molecule has 2 unspecified atom stereocenters. The fourth-order valence-electron chi connectivity index (χ4n) is 1.87. The second-order valence-corrected chi connectivity index (χ2v) is 4.60. The molecule has 0 saturated heterocycles. The second kappa shape index (κ2) is 3.60. The molecular formula is C11H11F3N4. The summed E-state index contributed by atoms with van der Waals surface area (Å²) in [6, 6.07) is 1.32. The van der Waals surface area contributed by atoms with E-state index in [1.54, 1.807) is 0 Å². The molecule has 1 N–H and O–H groups in total. The molecule has 18 heavy (non-hydrogen) atoms. The molecule has 2 heterocycles. The van der Waals surface area contributed by atoms with Crippen molar-refractivity contribution < 1.29 is 13.2 Å². The highest BCUT2D eigenvalue weighted by molar-refractivity contribution is 5.68. The minimum Gasteiger partial charge on any atom is -0.365 e. The summed E-state index contributed by atoms with van der Waals surface area (Å²) in [6.07, 6.45) is -0.569. The van der Waals surface area contributed by atoms with Crippen molar-refractivity contribution in [2.24, 2.45) is 5.92 Å². The molecule has 2 atom stereocenters. The number of fused-ring (bicyclic) bond motifs is 1. The molecule has 7 heteroatoms. The zero-order valence-electron chi connectivity index (χ0n) is 9.57. The van der Waals surface area contributed by atoms with E-state index in [1.807, 2.05) is 0 Å². The summed E-state index contributed by atoms with van der Waals surface area (Å²) in [5.41, 5.74) is -0.550. The van der Waals surface area contributed by atoms with Crippen LogP contribution >= 0.6 is 0 Å². The lowest BCUT2D eigenvalue weighted by Crippen LogP contribution is -2.07. The van der Waals surface area contributed by atoms with Gasteiger partial charge in [-0.05, 0) is 12.3 Å². The molecule has 2 aromatic rings. The quantitative estimate of drug-likeness (QED) is 0.897. The summed E-state index contributed by atoms with van der Waals surface area (Å²) in [5, 5.41) is 6.64. The Morgan fingerprint density at radius 3 is 2.78 bits per heavy atom. The van der Waals surface area contributed by atoms with Crippen LogP contribution in [0.1, 0.15) is 19.0 Å². The van der Waals surface area contributed by atoms with Gasteiger partial charge in [-0.2, -0.15) is 18.3 Å². The van der Waals surface area contributed by atoms with Gasteiger partial charge >= 0.3 is 6.18 Å². The third-order valence-electron chi connectivity index (χ3n) is 3.11. The highest BCUT2D eigenvalue weighted by Crippen LogP contribution is 2.34. The van der Waals surface area contributed by atoms with E-state index in [9.17, 15) is 13.2 Å². The van der Waals surface area contributed by atoms with Crippen LogP contribution in [0.4, 0.5) is 19.0 Å². The minimum atomic E-state index is -4.43. The summed E-state index contributed by atoms with van der Waals surface area (Å²) in [7, 11) is 0. The van der Waals surface area contributed by atoms with Gasteiger partial charge in [-0.25, -0.2) is 9.50 Å². The molecule has 2 aromatic heterocycles. The first-order valence-electron chi connectivity index (χ1n) is 5.63. The number of hydrogen-bond acceptors (Lipinski definition) is 3. The van der Waals surface area contributed by atoms with Gasteiger partial charge < -0.3 is 5.32 Å².